The highest BCUT2D eigenvalue weighted by atomic mass is 32.2. The van der Waals surface area contributed by atoms with Gasteiger partial charge in [-0.15, -0.1) is 0 Å². The molecule has 0 fully saturated rings. The number of non-ortho nitro benzene ring substituents is 1. The van der Waals surface area contributed by atoms with Crippen LogP contribution in [0.4, 0.5) is 5.69 Å². The molecule has 0 aliphatic heterocycles. The second-order valence-electron chi connectivity index (χ2n) is 4.40. The molecular weight excluding hydrogens is 306 g/mol. The molecule has 2 aromatic carbocycles. The first-order valence-corrected chi connectivity index (χ1v) is 7.00. The number of nitro groups is 1. The summed E-state index contributed by atoms with van der Waals surface area (Å²) in [5.74, 6) is -1.22. The molecule has 2 N–H and O–H groups in total. The van der Waals surface area contributed by atoms with Crippen LogP contribution in [-0.2, 0) is 0 Å². The van der Waals surface area contributed by atoms with Crippen LogP contribution in [0.3, 0.4) is 0 Å². The van der Waals surface area contributed by atoms with E-state index in [1.54, 1.807) is 0 Å². The first kappa shape index (κ1) is 14.1. The number of nitro benzene ring substituents is 1. The highest BCUT2D eigenvalue weighted by molar-refractivity contribution is 7.99. The highest BCUT2D eigenvalue weighted by Crippen LogP contribution is 2.32. The van der Waals surface area contributed by atoms with Gasteiger partial charge in [-0.2, -0.15) is 0 Å². The summed E-state index contributed by atoms with van der Waals surface area (Å²) in [4.78, 5) is 29.2. The predicted octanol–water partition coefficient (Wildman–Crippen LogP) is 3.32. The van der Waals surface area contributed by atoms with Crippen LogP contribution < -0.4 is 0 Å². The lowest BCUT2D eigenvalue weighted by Gasteiger charge is -2.03. The lowest BCUT2D eigenvalue weighted by molar-refractivity contribution is -0.384. The summed E-state index contributed by atoms with van der Waals surface area (Å²) >= 11 is 1.12. The zero-order chi connectivity index (χ0) is 15.7. The summed E-state index contributed by atoms with van der Waals surface area (Å²) in [5.41, 5.74) is 1.22. The van der Waals surface area contributed by atoms with Crippen molar-refractivity contribution >= 4 is 34.5 Å². The van der Waals surface area contributed by atoms with E-state index < -0.39 is 10.9 Å². The van der Waals surface area contributed by atoms with Gasteiger partial charge >= 0.3 is 5.97 Å². The number of H-pyrrole nitrogens is 1. The minimum atomic E-state index is -1.22. The molecule has 0 radical (unpaired) electrons. The van der Waals surface area contributed by atoms with Crippen LogP contribution >= 0.6 is 11.8 Å². The van der Waals surface area contributed by atoms with Gasteiger partial charge in [0, 0.05) is 17.0 Å². The van der Waals surface area contributed by atoms with Crippen LogP contribution in [0.5, 0.6) is 0 Å². The van der Waals surface area contributed by atoms with E-state index in [9.17, 15) is 20.0 Å². The third-order valence-corrected chi connectivity index (χ3v) is 3.94. The molecule has 1 aromatic heterocycles. The number of imidazole rings is 1. The normalized spacial score (nSPS) is 10.7. The number of aromatic nitrogens is 2. The highest BCUT2D eigenvalue weighted by Gasteiger charge is 2.17. The molecule has 0 spiro atoms. The molecule has 0 amide bonds. The summed E-state index contributed by atoms with van der Waals surface area (Å²) in [5, 5.41) is 20.5. The molecule has 0 saturated carbocycles. The summed E-state index contributed by atoms with van der Waals surface area (Å²) in [6, 6.07) is 11.2. The number of aromatic carboxylic acids is 1. The fourth-order valence-electron chi connectivity index (χ4n) is 1.97. The monoisotopic (exact) mass is 315 g/mol. The Morgan fingerprint density at radius 1 is 1.27 bits per heavy atom. The SMILES string of the molecule is O=C(O)c1cc([N+](=O)[O-])ccc1Sc1nc2ccccc2[nH]1. The molecule has 7 nitrogen and oxygen atoms in total. The van der Waals surface area contributed by atoms with E-state index in [2.05, 4.69) is 9.97 Å². The number of carboxylic acid groups (broad SMARTS) is 1. The van der Waals surface area contributed by atoms with Crippen LogP contribution in [0.2, 0.25) is 0 Å². The van der Waals surface area contributed by atoms with Gasteiger partial charge in [-0.05, 0) is 18.2 Å². The van der Waals surface area contributed by atoms with Crippen molar-refractivity contribution < 1.29 is 14.8 Å². The molecule has 0 atom stereocenters. The summed E-state index contributed by atoms with van der Waals surface area (Å²) < 4.78 is 0. The van der Waals surface area contributed by atoms with E-state index in [-0.39, 0.29) is 11.3 Å². The van der Waals surface area contributed by atoms with E-state index in [1.165, 1.54) is 12.1 Å². The Balaban J connectivity index is 2.00. The number of rotatable bonds is 4. The van der Waals surface area contributed by atoms with Crippen molar-refractivity contribution in [2.24, 2.45) is 0 Å². The molecule has 0 aliphatic rings. The van der Waals surface area contributed by atoms with Crippen molar-refractivity contribution in [3.63, 3.8) is 0 Å². The molecule has 0 aliphatic carbocycles. The fourth-order valence-corrected chi connectivity index (χ4v) is 2.88. The summed E-state index contributed by atoms with van der Waals surface area (Å²) in [6.45, 7) is 0. The molecular formula is C14H9N3O4S. The van der Waals surface area contributed by atoms with Crippen LogP contribution in [0.15, 0.2) is 52.5 Å². The Labute approximate surface area is 128 Å². The van der Waals surface area contributed by atoms with E-state index in [0.717, 1.165) is 28.9 Å². The molecule has 0 bridgehead atoms. The number of hydrogen-bond donors (Lipinski definition) is 2. The lowest BCUT2D eigenvalue weighted by atomic mass is 10.2. The Bertz CT molecular complexity index is 858. The summed E-state index contributed by atoms with van der Waals surface area (Å²) in [7, 11) is 0. The molecule has 3 aromatic rings. The van der Waals surface area contributed by atoms with Gasteiger partial charge in [0.2, 0.25) is 0 Å². The van der Waals surface area contributed by atoms with Crippen molar-refractivity contribution in [2.45, 2.75) is 10.1 Å². The van der Waals surface area contributed by atoms with Gasteiger partial charge in [-0.25, -0.2) is 9.78 Å². The lowest BCUT2D eigenvalue weighted by Crippen LogP contribution is -2.00. The first-order valence-electron chi connectivity index (χ1n) is 6.19. The van der Waals surface area contributed by atoms with Crippen molar-refractivity contribution in [3.8, 4) is 0 Å². The largest absolute Gasteiger partial charge is 0.478 e. The Kier molecular flexibility index (Phi) is 3.51. The fraction of sp³-hybridized carbons (Fsp3) is 0. The van der Waals surface area contributed by atoms with Gasteiger partial charge in [-0.3, -0.25) is 10.1 Å². The molecule has 3 rings (SSSR count). The molecule has 110 valence electrons. The number of aromatic amines is 1. The van der Waals surface area contributed by atoms with Crippen molar-refractivity contribution in [3.05, 3.63) is 58.1 Å². The van der Waals surface area contributed by atoms with Crippen LogP contribution in [0, 0.1) is 10.1 Å². The van der Waals surface area contributed by atoms with Gasteiger partial charge in [0.25, 0.3) is 5.69 Å². The number of hydrogen-bond acceptors (Lipinski definition) is 5. The zero-order valence-electron chi connectivity index (χ0n) is 11.0. The predicted molar refractivity (Wildman–Crippen MR) is 80.3 cm³/mol. The number of benzene rings is 2. The average Bonchev–Trinajstić information content (AvgIpc) is 2.89. The molecule has 0 saturated heterocycles. The standard InChI is InChI=1S/C14H9N3O4S/c18-13(19)9-7-8(17(20)21)5-6-12(9)22-14-15-10-3-1-2-4-11(10)16-14/h1-7H,(H,15,16)(H,18,19). The third-order valence-electron chi connectivity index (χ3n) is 2.98. The minimum absolute atomic E-state index is 0.125. The Morgan fingerprint density at radius 2 is 2.05 bits per heavy atom. The zero-order valence-corrected chi connectivity index (χ0v) is 11.8. The number of carboxylic acids is 1. The number of nitrogens with one attached hydrogen (secondary N) is 1. The van der Waals surface area contributed by atoms with Crippen LogP contribution in [0.1, 0.15) is 10.4 Å². The first-order chi connectivity index (χ1) is 10.5. The second kappa shape index (κ2) is 5.49. The van der Waals surface area contributed by atoms with E-state index in [0.29, 0.717) is 10.1 Å². The van der Waals surface area contributed by atoms with Crippen molar-refractivity contribution in [1.29, 1.82) is 0 Å². The topological polar surface area (TPSA) is 109 Å². The van der Waals surface area contributed by atoms with Crippen molar-refractivity contribution in [2.75, 3.05) is 0 Å². The average molecular weight is 315 g/mol. The van der Waals surface area contributed by atoms with Crippen LogP contribution in [-0.4, -0.2) is 26.0 Å². The van der Waals surface area contributed by atoms with E-state index in [4.69, 9.17) is 0 Å². The molecule has 1 heterocycles. The Morgan fingerprint density at radius 3 is 2.73 bits per heavy atom. The van der Waals surface area contributed by atoms with Gasteiger partial charge in [-0.1, -0.05) is 23.9 Å². The summed E-state index contributed by atoms with van der Waals surface area (Å²) in [6.07, 6.45) is 0. The van der Waals surface area contributed by atoms with Gasteiger partial charge < -0.3 is 10.1 Å². The van der Waals surface area contributed by atoms with Crippen molar-refractivity contribution in [1.82, 2.24) is 9.97 Å². The second-order valence-corrected chi connectivity index (χ2v) is 5.43. The number of carbonyl (C=O) groups is 1. The Hall–Kier alpha value is -2.87. The smallest absolute Gasteiger partial charge is 0.337 e. The van der Waals surface area contributed by atoms with Gasteiger partial charge in [0.1, 0.15) is 0 Å². The minimum Gasteiger partial charge on any atom is -0.478 e. The number of fused-ring (bicyclic) bond motifs is 1. The molecule has 0 unspecified atom stereocenters. The van der Waals surface area contributed by atoms with E-state index in [1.807, 2.05) is 24.3 Å². The number of para-hydroxylation sites is 2. The maximum Gasteiger partial charge on any atom is 0.337 e. The quantitative estimate of drug-likeness (QED) is 0.564. The third kappa shape index (κ3) is 2.63. The van der Waals surface area contributed by atoms with Gasteiger partial charge in [0.15, 0.2) is 5.16 Å². The molecule has 22 heavy (non-hydrogen) atoms. The molecule has 8 heteroatoms. The maximum atomic E-state index is 11.3. The number of nitrogens with zero attached hydrogens (tertiary/aromatic N) is 2. The van der Waals surface area contributed by atoms with Crippen LogP contribution in [0.25, 0.3) is 11.0 Å². The van der Waals surface area contributed by atoms with Gasteiger partial charge in [0.05, 0.1) is 21.5 Å². The van der Waals surface area contributed by atoms with E-state index >= 15 is 0 Å². The maximum absolute atomic E-state index is 11.3.